The van der Waals surface area contributed by atoms with Crippen molar-refractivity contribution in [1.82, 2.24) is 0 Å². The van der Waals surface area contributed by atoms with Gasteiger partial charge in [-0.2, -0.15) is 35.1 Å². The lowest BCUT2D eigenvalue weighted by atomic mass is 9.42. The van der Waals surface area contributed by atoms with E-state index in [4.69, 9.17) is 0 Å². The summed E-state index contributed by atoms with van der Waals surface area (Å²) in [5.41, 5.74) is -27.7. The number of carbonyl (C=O) groups is 1. The zero-order valence-corrected chi connectivity index (χ0v) is 13.6. The van der Waals surface area contributed by atoms with Crippen LogP contribution in [-0.4, -0.2) is 64.6 Å². The highest BCUT2D eigenvalue weighted by molar-refractivity contribution is 5.87. The van der Waals surface area contributed by atoms with E-state index in [1.165, 1.54) is 0 Å². The maximum Gasteiger partial charge on any atom is 0.338 e. The molecule has 0 radical (unpaired) electrons. The fourth-order valence-electron chi connectivity index (χ4n) is 4.10. The van der Waals surface area contributed by atoms with Crippen LogP contribution in [0.3, 0.4) is 0 Å². The Balaban J connectivity index is 2.54. The number of hydrogen-bond acceptors (Lipinski definition) is 2. The zero-order valence-electron chi connectivity index (χ0n) is 13.6. The van der Waals surface area contributed by atoms with E-state index >= 15 is 0 Å². The monoisotopic (exact) mass is 454 g/mol. The summed E-state index contributed by atoms with van der Waals surface area (Å²) in [5, 5.41) is 0. The van der Waals surface area contributed by atoms with E-state index < -0.39 is 70.2 Å². The normalized spacial score (nSPS) is 50.3. The summed E-state index contributed by atoms with van der Waals surface area (Å²) in [6.07, 6.45) is -10.8. The third-order valence-corrected chi connectivity index (χ3v) is 5.68. The van der Waals surface area contributed by atoms with E-state index in [0.29, 0.717) is 6.92 Å². The van der Waals surface area contributed by atoms with Gasteiger partial charge in [-0.3, -0.25) is 0 Å². The van der Waals surface area contributed by atoms with E-state index in [-0.39, 0.29) is 0 Å². The summed E-state index contributed by atoms with van der Waals surface area (Å²) < 4.78 is 190. The predicted molar refractivity (Wildman–Crippen MR) is 64.7 cm³/mol. The molecule has 29 heavy (non-hydrogen) atoms. The molecule has 4 aliphatic carbocycles. The molecule has 15 heteroatoms. The fraction of sp³-hybridized carbons (Fsp3) is 0.786. The van der Waals surface area contributed by atoms with Crippen LogP contribution in [0.1, 0.15) is 6.92 Å². The second-order valence-corrected chi connectivity index (χ2v) is 7.07. The SMILES string of the molecule is C=C(C)C(=O)OC12C(F)C3(F)C(F)(F)C(F)(C1F)C(F)(F)C(F)(C2(F)F)C3(F)F. The Labute approximate surface area is 151 Å². The van der Waals surface area contributed by atoms with Crippen LogP contribution in [-0.2, 0) is 9.53 Å². The van der Waals surface area contributed by atoms with Crippen LogP contribution in [0.5, 0.6) is 0 Å². The van der Waals surface area contributed by atoms with Gasteiger partial charge in [0.15, 0.2) is 12.3 Å². The van der Waals surface area contributed by atoms with Crippen molar-refractivity contribution >= 4 is 5.97 Å². The summed E-state index contributed by atoms with van der Waals surface area (Å²) in [5.74, 6) is -31.1. The summed E-state index contributed by atoms with van der Waals surface area (Å²) in [6.45, 7) is 3.26. The molecular formula is C14H7F13O2. The Hall–Kier alpha value is -1.70. The van der Waals surface area contributed by atoms with Crippen LogP contribution in [0.4, 0.5) is 57.1 Å². The third kappa shape index (κ3) is 1.46. The Morgan fingerprint density at radius 3 is 1.38 bits per heavy atom. The molecule has 0 aromatic rings. The highest BCUT2D eigenvalue weighted by Crippen LogP contribution is 2.83. The minimum Gasteiger partial charge on any atom is -0.442 e. The van der Waals surface area contributed by atoms with E-state index in [9.17, 15) is 61.9 Å². The Kier molecular flexibility index (Phi) is 3.63. The van der Waals surface area contributed by atoms with Gasteiger partial charge in [-0.1, -0.05) is 6.58 Å². The smallest absolute Gasteiger partial charge is 0.338 e. The molecule has 0 spiro atoms. The molecule has 0 aliphatic heterocycles. The standard InChI is InChI=1S/C14H7F13O2/c1-3(2)4(28)29-7-5(15)8(17)12(22,23)9(18,6(7)16)14(26,27)10(19,11(7,20)21)13(8,24)25/h5-6H,1H2,2H3. The van der Waals surface area contributed by atoms with Gasteiger partial charge < -0.3 is 4.74 Å². The minimum absolute atomic E-state index is 0.556. The number of rotatable bonds is 2. The number of alkyl halides is 13. The number of hydrogen-bond donors (Lipinski definition) is 0. The van der Waals surface area contributed by atoms with Crippen molar-refractivity contribution in [2.45, 2.75) is 65.6 Å². The van der Waals surface area contributed by atoms with Crippen molar-refractivity contribution in [3.05, 3.63) is 12.2 Å². The van der Waals surface area contributed by atoms with Crippen LogP contribution in [0.15, 0.2) is 12.2 Å². The Morgan fingerprint density at radius 2 is 1.07 bits per heavy atom. The maximum absolute atomic E-state index is 14.7. The lowest BCUT2D eigenvalue weighted by Crippen LogP contribution is -3.06. The lowest BCUT2D eigenvalue weighted by molar-refractivity contribution is -0.557. The van der Waals surface area contributed by atoms with Gasteiger partial charge in [-0.05, 0) is 6.92 Å². The fourth-order valence-corrected chi connectivity index (χ4v) is 4.10. The molecule has 0 aromatic heterocycles. The van der Waals surface area contributed by atoms with E-state index in [1.54, 1.807) is 0 Å². The highest BCUT2D eigenvalue weighted by Gasteiger charge is 3.16. The molecule has 4 aliphatic rings. The molecule has 0 saturated heterocycles. The third-order valence-electron chi connectivity index (χ3n) is 5.68. The zero-order chi connectivity index (χ0) is 23.0. The highest BCUT2D eigenvalue weighted by atomic mass is 19.3. The molecule has 4 bridgehead atoms. The summed E-state index contributed by atoms with van der Waals surface area (Å²) >= 11 is 0. The Morgan fingerprint density at radius 1 is 0.724 bits per heavy atom. The Bertz CT molecular complexity index is 784. The van der Waals surface area contributed by atoms with Crippen LogP contribution < -0.4 is 0 Å². The van der Waals surface area contributed by atoms with Crippen LogP contribution >= 0.6 is 0 Å². The molecule has 4 unspecified atom stereocenters. The first-order chi connectivity index (χ1) is 12.6. The predicted octanol–water partition coefficient (Wildman–Crippen LogP) is 4.23. The van der Waals surface area contributed by atoms with Crippen LogP contribution in [0, 0.1) is 0 Å². The average Bonchev–Trinajstić information content (AvgIpc) is 2.58. The van der Waals surface area contributed by atoms with Gasteiger partial charge in [0.05, 0.1) is 0 Å². The van der Waals surface area contributed by atoms with E-state index in [2.05, 4.69) is 11.3 Å². The van der Waals surface area contributed by atoms with Crippen molar-refractivity contribution in [2.75, 3.05) is 0 Å². The van der Waals surface area contributed by atoms with Gasteiger partial charge in [-0.15, -0.1) is 0 Å². The first kappa shape index (κ1) is 22.0. The van der Waals surface area contributed by atoms with E-state index in [1.807, 2.05) is 0 Å². The molecule has 0 heterocycles. The first-order valence-corrected chi connectivity index (χ1v) is 7.39. The van der Waals surface area contributed by atoms with Crippen molar-refractivity contribution in [1.29, 1.82) is 0 Å². The van der Waals surface area contributed by atoms with Crippen LogP contribution in [0.25, 0.3) is 0 Å². The second kappa shape index (κ2) is 4.79. The molecule has 4 saturated carbocycles. The summed E-state index contributed by atoms with van der Waals surface area (Å²) in [6, 6.07) is 0. The minimum atomic E-state index is -7.31. The molecule has 166 valence electrons. The number of halogens is 13. The molecule has 4 rings (SSSR count). The molecule has 0 amide bonds. The second-order valence-electron chi connectivity index (χ2n) is 7.07. The van der Waals surface area contributed by atoms with Gasteiger partial charge in [0.25, 0.3) is 11.3 Å². The molecular weight excluding hydrogens is 447 g/mol. The summed E-state index contributed by atoms with van der Waals surface area (Å²) in [4.78, 5) is 11.5. The lowest BCUT2D eigenvalue weighted by Gasteiger charge is -2.72. The summed E-state index contributed by atoms with van der Waals surface area (Å²) in [7, 11) is 0. The van der Waals surface area contributed by atoms with Crippen molar-refractivity contribution in [3.8, 4) is 0 Å². The van der Waals surface area contributed by atoms with Crippen molar-refractivity contribution < 1.29 is 66.6 Å². The van der Waals surface area contributed by atoms with Gasteiger partial charge in [0.2, 0.25) is 5.60 Å². The van der Waals surface area contributed by atoms with Crippen molar-refractivity contribution in [2.24, 2.45) is 0 Å². The molecule has 0 N–H and O–H groups in total. The average molecular weight is 454 g/mol. The number of esters is 1. The largest absolute Gasteiger partial charge is 0.442 e. The molecule has 4 atom stereocenters. The maximum atomic E-state index is 14.7. The van der Waals surface area contributed by atoms with Gasteiger partial charge in [-0.25, -0.2) is 26.7 Å². The van der Waals surface area contributed by atoms with Gasteiger partial charge in [0, 0.05) is 5.57 Å². The van der Waals surface area contributed by atoms with E-state index in [0.717, 1.165) is 0 Å². The topological polar surface area (TPSA) is 26.3 Å². The van der Waals surface area contributed by atoms with Gasteiger partial charge >= 0.3 is 35.3 Å². The molecule has 0 aromatic carbocycles. The quantitative estimate of drug-likeness (QED) is 0.355. The van der Waals surface area contributed by atoms with Crippen molar-refractivity contribution in [3.63, 3.8) is 0 Å². The first-order valence-electron chi connectivity index (χ1n) is 7.39. The molecule has 2 nitrogen and oxygen atoms in total. The van der Waals surface area contributed by atoms with Crippen LogP contribution in [0.2, 0.25) is 0 Å². The van der Waals surface area contributed by atoms with Gasteiger partial charge in [0.1, 0.15) is 0 Å². The number of carbonyl (C=O) groups excluding carboxylic acids is 1. The molecule has 4 fully saturated rings. The number of ether oxygens (including phenoxy) is 1.